The molecule has 0 bridgehead atoms. The minimum absolute atomic E-state index is 0.219. The van der Waals surface area contributed by atoms with E-state index in [0.717, 1.165) is 38.6 Å². The maximum absolute atomic E-state index is 5.90. The fourth-order valence-corrected chi connectivity index (χ4v) is 5.08. The van der Waals surface area contributed by atoms with Crippen molar-refractivity contribution in [1.29, 1.82) is 0 Å². The first-order chi connectivity index (χ1) is 12.9. The van der Waals surface area contributed by atoms with Crippen LogP contribution in [0.15, 0.2) is 42.5 Å². The van der Waals surface area contributed by atoms with E-state index in [-0.39, 0.29) is 5.54 Å². The molecule has 0 radical (unpaired) electrons. The van der Waals surface area contributed by atoms with Crippen molar-refractivity contribution in [1.82, 2.24) is 3.96 Å². The monoisotopic (exact) mass is 398 g/mol. The standard InChI is InChI=1S/C21H22N2O2S2/c1-5-25-14-8-6-13(7-9-14)23-20(26)18-16-11-10-15(24-4)12-17(16)22-21(2,3)19(18)27-23/h6-12,22H,5H2,1-4H3. The fraction of sp³-hybridized carbons (Fsp3) is 0.286. The summed E-state index contributed by atoms with van der Waals surface area (Å²) in [5.74, 6) is 1.70. The SMILES string of the molecule is CCOc1ccc(-n2sc3c(c2=S)-c2ccc(OC)cc2NC3(C)C)cc1. The van der Waals surface area contributed by atoms with Gasteiger partial charge in [-0.1, -0.05) is 23.8 Å². The van der Waals surface area contributed by atoms with Crippen LogP contribution in [-0.4, -0.2) is 17.7 Å². The fourth-order valence-electron chi connectivity index (χ4n) is 3.42. The minimum atomic E-state index is -0.219. The molecule has 4 nitrogen and oxygen atoms in total. The van der Waals surface area contributed by atoms with Gasteiger partial charge in [-0.15, -0.1) is 0 Å². The molecule has 0 aliphatic carbocycles. The number of hydrogen-bond donors (Lipinski definition) is 1. The van der Waals surface area contributed by atoms with E-state index in [1.54, 1.807) is 18.6 Å². The molecule has 0 atom stereocenters. The average Bonchev–Trinajstić information content (AvgIpc) is 3.01. The number of nitrogens with zero attached hydrogens (tertiary/aromatic N) is 1. The van der Waals surface area contributed by atoms with Gasteiger partial charge in [0.2, 0.25) is 0 Å². The second-order valence-electron chi connectivity index (χ2n) is 6.98. The Morgan fingerprint density at radius 2 is 1.81 bits per heavy atom. The molecule has 0 fully saturated rings. The minimum Gasteiger partial charge on any atom is -0.497 e. The predicted octanol–water partition coefficient (Wildman–Crippen LogP) is 6.00. The molecule has 6 heteroatoms. The summed E-state index contributed by atoms with van der Waals surface area (Å²) in [5, 5.41) is 3.64. The van der Waals surface area contributed by atoms with Gasteiger partial charge in [0.25, 0.3) is 0 Å². The molecule has 0 amide bonds. The van der Waals surface area contributed by atoms with E-state index in [2.05, 4.69) is 41.3 Å². The molecule has 1 N–H and O–H groups in total. The van der Waals surface area contributed by atoms with Crippen LogP contribution in [0.2, 0.25) is 0 Å². The normalized spacial score (nSPS) is 14.1. The molecular weight excluding hydrogens is 376 g/mol. The van der Waals surface area contributed by atoms with Crippen LogP contribution in [0.3, 0.4) is 0 Å². The Morgan fingerprint density at radius 3 is 2.48 bits per heavy atom. The number of methoxy groups -OCH3 is 1. The van der Waals surface area contributed by atoms with Gasteiger partial charge in [-0.05, 0) is 57.2 Å². The average molecular weight is 399 g/mol. The zero-order valence-electron chi connectivity index (χ0n) is 15.8. The van der Waals surface area contributed by atoms with Gasteiger partial charge < -0.3 is 14.8 Å². The van der Waals surface area contributed by atoms with E-state index in [1.165, 1.54) is 4.88 Å². The van der Waals surface area contributed by atoms with Crippen LogP contribution in [-0.2, 0) is 5.54 Å². The summed E-state index contributed by atoms with van der Waals surface area (Å²) in [6.45, 7) is 7.01. The van der Waals surface area contributed by atoms with Crippen LogP contribution in [0.1, 0.15) is 25.6 Å². The Morgan fingerprint density at radius 1 is 1.11 bits per heavy atom. The lowest BCUT2D eigenvalue weighted by atomic mass is 9.90. The second-order valence-corrected chi connectivity index (χ2v) is 8.33. The number of ether oxygens (including phenoxy) is 2. The highest BCUT2D eigenvalue weighted by atomic mass is 32.1. The van der Waals surface area contributed by atoms with Gasteiger partial charge in [0.1, 0.15) is 16.1 Å². The molecular formula is C21H22N2O2S2. The van der Waals surface area contributed by atoms with Crippen LogP contribution in [0.25, 0.3) is 16.8 Å². The third-order valence-corrected chi connectivity index (χ3v) is 6.68. The van der Waals surface area contributed by atoms with E-state index in [9.17, 15) is 0 Å². The number of hydrogen-bond acceptors (Lipinski definition) is 5. The number of aromatic nitrogens is 1. The van der Waals surface area contributed by atoms with Gasteiger partial charge in [0, 0.05) is 22.9 Å². The number of rotatable bonds is 4. The Kier molecular flexibility index (Phi) is 4.48. The van der Waals surface area contributed by atoms with E-state index in [4.69, 9.17) is 21.7 Å². The first kappa shape index (κ1) is 18.1. The molecule has 4 rings (SSSR count). The zero-order chi connectivity index (χ0) is 19.2. The molecule has 0 saturated heterocycles. The number of benzene rings is 2. The predicted molar refractivity (Wildman–Crippen MR) is 114 cm³/mol. The Balaban J connectivity index is 1.87. The Labute approximate surface area is 168 Å². The van der Waals surface area contributed by atoms with Crippen molar-refractivity contribution in [3.05, 3.63) is 52.0 Å². The summed E-state index contributed by atoms with van der Waals surface area (Å²) < 4.78 is 13.9. The first-order valence-electron chi connectivity index (χ1n) is 8.91. The molecule has 2 heterocycles. The van der Waals surface area contributed by atoms with Crippen molar-refractivity contribution >= 4 is 29.4 Å². The maximum atomic E-state index is 5.90. The zero-order valence-corrected chi connectivity index (χ0v) is 17.5. The molecule has 2 aromatic carbocycles. The lowest BCUT2D eigenvalue weighted by molar-refractivity contribution is 0.340. The van der Waals surface area contributed by atoms with E-state index in [1.807, 2.05) is 31.2 Å². The molecule has 0 saturated carbocycles. The summed E-state index contributed by atoms with van der Waals surface area (Å²) in [4.78, 5) is 1.24. The molecule has 0 unspecified atom stereocenters. The molecule has 27 heavy (non-hydrogen) atoms. The van der Waals surface area contributed by atoms with E-state index < -0.39 is 0 Å². The van der Waals surface area contributed by atoms with Crippen LogP contribution < -0.4 is 14.8 Å². The summed E-state index contributed by atoms with van der Waals surface area (Å²) in [7, 11) is 1.68. The largest absolute Gasteiger partial charge is 0.497 e. The summed E-state index contributed by atoms with van der Waals surface area (Å²) in [6, 6.07) is 14.2. The van der Waals surface area contributed by atoms with Gasteiger partial charge in [-0.3, -0.25) is 3.96 Å². The van der Waals surface area contributed by atoms with Crippen molar-refractivity contribution in [2.24, 2.45) is 0 Å². The molecule has 1 aromatic heterocycles. The summed E-state index contributed by atoms with van der Waals surface area (Å²) in [5.41, 5.74) is 4.13. The molecule has 0 spiro atoms. The van der Waals surface area contributed by atoms with Crippen molar-refractivity contribution in [3.8, 4) is 28.3 Å². The number of nitrogens with one attached hydrogen (secondary N) is 1. The highest BCUT2D eigenvalue weighted by Crippen LogP contribution is 2.48. The van der Waals surface area contributed by atoms with Crippen molar-refractivity contribution in [2.75, 3.05) is 19.0 Å². The Bertz CT molecular complexity index is 1050. The first-order valence-corrected chi connectivity index (χ1v) is 10.1. The molecule has 3 aromatic rings. The lowest BCUT2D eigenvalue weighted by Gasteiger charge is -2.33. The van der Waals surface area contributed by atoms with Gasteiger partial charge in [-0.2, -0.15) is 0 Å². The topological polar surface area (TPSA) is 35.4 Å². The van der Waals surface area contributed by atoms with Crippen LogP contribution in [0.4, 0.5) is 5.69 Å². The lowest BCUT2D eigenvalue weighted by Crippen LogP contribution is -2.30. The third kappa shape index (κ3) is 3.03. The van der Waals surface area contributed by atoms with Crippen molar-refractivity contribution in [2.45, 2.75) is 26.3 Å². The second kappa shape index (κ2) is 6.69. The molecule has 1 aliphatic heterocycles. The quantitative estimate of drug-likeness (QED) is 0.547. The molecule has 1 aliphatic rings. The number of fused-ring (bicyclic) bond motifs is 3. The third-order valence-electron chi connectivity index (χ3n) is 4.70. The summed E-state index contributed by atoms with van der Waals surface area (Å²) in [6.07, 6.45) is 0. The van der Waals surface area contributed by atoms with E-state index >= 15 is 0 Å². The van der Waals surface area contributed by atoms with Gasteiger partial charge in [0.15, 0.2) is 0 Å². The Hall–Kier alpha value is -2.31. The van der Waals surface area contributed by atoms with Gasteiger partial charge in [0.05, 0.1) is 29.8 Å². The maximum Gasteiger partial charge on any atom is 0.129 e. The highest BCUT2D eigenvalue weighted by Gasteiger charge is 2.34. The summed E-state index contributed by atoms with van der Waals surface area (Å²) >= 11 is 7.59. The van der Waals surface area contributed by atoms with Crippen LogP contribution in [0, 0.1) is 4.64 Å². The highest BCUT2D eigenvalue weighted by molar-refractivity contribution is 7.71. The van der Waals surface area contributed by atoms with Crippen LogP contribution in [0.5, 0.6) is 11.5 Å². The van der Waals surface area contributed by atoms with Gasteiger partial charge in [-0.25, -0.2) is 0 Å². The smallest absolute Gasteiger partial charge is 0.129 e. The van der Waals surface area contributed by atoms with E-state index in [0.29, 0.717) is 6.61 Å². The van der Waals surface area contributed by atoms with Crippen LogP contribution >= 0.6 is 23.8 Å². The van der Waals surface area contributed by atoms with Crippen molar-refractivity contribution in [3.63, 3.8) is 0 Å². The van der Waals surface area contributed by atoms with Crippen molar-refractivity contribution < 1.29 is 9.47 Å². The van der Waals surface area contributed by atoms with Gasteiger partial charge >= 0.3 is 0 Å². The number of anilines is 1. The molecule has 140 valence electrons.